The van der Waals surface area contributed by atoms with E-state index in [-0.39, 0.29) is 23.6 Å². The lowest BCUT2D eigenvalue weighted by molar-refractivity contribution is -0.384. The van der Waals surface area contributed by atoms with E-state index in [0.29, 0.717) is 21.2 Å². The second-order valence-electron chi connectivity index (χ2n) is 8.70. The van der Waals surface area contributed by atoms with Crippen LogP contribution in [-0.4, -0.2) is 39.5 Å². The molecule has 1 heterocycles. The molecule has 35 heavy (non-hydrogen) atoms. The van der Waals surface area contributed by atoms with E-state index >= 15 is 0 Å². The van der Waals surface area contributed by atoms with Crippen molar-refractivity contribution < 1.29 is 19.2 Å². The third kappa shape index (κ3) is 5.91. The van der Waals surface area contributed by atoms with E-state index in [9.17, 15) is 19.7 Å². The maximum atomic E-state index is 13.4. The summed E-state index contributed by atoms with van der Waals surface area (Å²) in [5, 5.41) is 16.1. The first-order valence-corrected chi connectivity index (χ1v) is 11.6. The summed E-state index contributed by atoms with van der Waals surface area (Å²) in [6.45, 7) is 9.06. The predicted molar refractivity (Wildman–Crippen MR) is 135 cm³/mol. The van der Waals surface area contributed by atoms with Crippen molar-refractivity contribution in [1.29, 1.82) is 0 Å². The average Bonchev–Trinajstić information content (AvgIpc) is 2.78. The molecular formula is C24H25BrN4O6. The van der Waals surface area contributed by atoms with Crippen molar-refractivity contribution in [1.82, 2.24) is 9.66 Å². The number of fused-ring (bicyclic) bond motifs is 1. The number of ether oxygens (including phenoxy) is 2. The summed E-state index contributed by atoms with van der Waals surface area (Å²) < 4.78 is 12.5. The summed E-state index contributed by atoms with van der Waals surface area (Å²) in [6, 6.07) is 9.08. The van der Waals surface area contributed by atoms with Crippen LogP contribution in [0.4, 0.5) is 5.69 Å². The summed E-state index contributed by atoms with van der Waals surface area (Å²) >= 11 is 3.37. The van der Waals surface area contributed by atoms with E-state index in [1.165, 1.54) is 36.0 Å². The first-order valence-electron chi connectivity index (χ1n) is 10.8. The summed E-state index contributed by atoms with van der Waals surface area (Å²) in [7, 11) is 0. The minimum Gasteiger partial charge on any atom is -0.478 e. The summed E-state index contributed by atoms with van der Waals surface area (Å²) in [5.41, 5.74) is -0.413. The number of nitro benzene ring substituents is 1. The lowest BCUT2D eigenvalue weighted by Crippen LogP contribution is -2.29. The van der Waals surface area contributed by atoms with E-state index in [2.05, 4.69) is 26.0 Å². The zero-order valence-electron chi connectivity index (χ0n) is 19.9. The standard InChI is InChI=1S/C24H25BrN4O6/c1-6-34-22(31)14(2)35-20-10-8-17(29(32)33)11-15(20)13-26-28-21(30)18-12-16(25)7-9-19(18)27-23(28)24(3,4)5/h7-14H,6H2,1-5H3/t14-/m0/s1. The molecule has 0 bridgehead atoms. The summed E-state index contributed by atoms with van der Waals surface area (Å²) in [6.07, 6.45) is 0.318. The number of hydrogen-bond donors (Lipinski definition) is 0. The van der Waals surface area contributed by atoms with Crippen molar-refractivity contribution in [3.8, 4) is 5.75 Å². The van der Waals surface area contributed by atoms with Crippen molar-refractivity contribution >= 4 is 44.7 Å². The van der Waals surface area contributed by atoms with Gasteiger partial charge in [-0.3, -0.25) is 14.9 Å². The van der Waals surface area contributed by atoms with Crippen LogP contribution in [0.1, 0.15) is 46.0 Å². The van der Waals surface area contributed by atoms with Crippen LogP contribution in [0.2, 0.25) is 0 Å². The second-order valence-corrected chi connectivity index (χ2v) is 9.62. The highest BCUT2D eigenvalue weighted by Gasteiger charge is 2.23. The monoisotopic (exact) mass is 544 g/mol. The van der Waals surface area contributed by atoms with Gasteiger partial charge in [0.25, 0.3) is 11.2 Å². The van der Waals surface area contributed by atoms with E-state index < -0.39 is 28.0 Å². The number of carbonyl (C=O) groups is 1. The Balaban J connectivity index is 2.16. The van der Waals surface area contributed by atoms with E-state index in [1.807, 2.05) is 20.8 Å². The zero-order chi connectivity index (χ0) is 25.9. The minimum absolute atomic E-state index is 0.168. The Hall–Kier alpha value is -3.60. The molecule has 1 aromatic heterocycles. The smallest absolute Gasteiger partial charge is 0.347 e. The van der Waals surface area contributed by atoms with Gasteiger partial charge in [0.2, 0.25) is 0 Å². The van der Waals surface area contributed by atoms with Crippen molar-refractivity contribution in [3.63, 3.8) is 0 Å². The number of nitrogens with zero attached hydrogens (tertiary/aromatic N) is 4. The van der Waals surface area contributed by atoms with Crippen molar-refractivity contribution in [3.05, 3.63) is 72.7 Å². The molecule has 3 aromatic rings. The van der Waals surface area contributed by atoms with Crippen molar-refractivity contribution in [2.75, 3.05) is 6.61 Å². The fraction of sp³-hybridized carbons (Fsp3) is 0.333. The summed E-state index contributed by atoms with van der Waals surface area (Å²) in [5.74, 6) is -0.00703. The molecule has 0 N–H and O–H groups in total. The van der Waals surface area contributed by atoms with Gasteiger partial charge in [-0.1, -0.05) is 36.7 Å². The largest absolute Gasteiger partial charge is 0.478 e. The van der Waals surface area contributed by atoms with E-state index in [4.69, 9.17) is 9.47 Å². The SMILES string of the molecule is CCOC(=O)[C@H](C)Oc1ccc([N+](=O)[O-])cc1C=Nn1c(C(C)(C)C)nc2ccc(Br)cc2c1=O. The van der Waals surface area contributed by atoms with Crippen LogP contribution in [-0.2, 0) is 14.9 Å². The number of rotatable bonds is 7. The topological polar surface area (TPSA) is 126 Å². The molecule has 3 rings (SSSR count). The van der Waals surface area contributed by atoms with E-state index in [1.54, 1.807) is 25.1 Å². The molecule has 0 aliphatic carbocycles. The average molecular weight is 545 g/mol. The highest BCUT2D eigenvalue weighted by molar-refractivity contribution is 9.10. The quantitative estimate of drug-likeness (QED) is 0.184. The zero-order valence-corrected chi connectivity index (χ0v) is 21.5. The Kier molecular flexibility index (Phi) is 7.69. The van der Waals surface area contributed by atoms with Crippen LogP contribution in [0, 0.1) is 10.1 Å². The van der Waals surface area contributed by atoms with E-state index in [0.717, 1.165) is 0 Å². The molecule has 0 unspecified atom stereocenters. The van der Waals surface area contributed by atoms with Gasteiger partial charge in [0.05, 0.1) is 28.6 Å². The van der Waals surface area contributed by atoms with Gasteiger partial charge < -0.3 is 9.47 Å². The Morgan fingerprint density at radius 3 is 2.63 bits per heavy atom. The first kappa shape index (κ1) is 26.0. The fourth-order valence-electron chi connectivity index (χ4n) is 3.22. The second kappa shape index (κ2) is 10.3. The number of esters is 1. The third-order valence-electron chi connectivity index (χ3n) is 4.92. The van der Waals surface area contributed by atoms with Gasteiger partial charge in [0.1, 0.15) is 11.6 Å². The molecule has 11 heteroatoms. The Morgan fingerprint density at radius 2 is 2.00 bits per heavy atom. The van der Waals surface area contributed by atoms with Crippen LogP contribution in [0.5, 0.6) is 5.75 Å². The van der Waals surface area contributed by atoms with Gasteiger partial charge in [-0.25, -0.2) is 9.78 Å². The normalized spacial score (nSPS) is 12.6. The maximum absolute atomic E-state index is 13.4. The maximum Gasteiger partial charge on any atom is 0.347 e. The highest BCUT2D eigenvalue weighted by Crippen LogP contribution is 2.26. The molecule has 0 saturated heterocycles. The van der Waals surface area contributed by atoms with Gasteiger partial charge >= 0.3 is 5.97 Å². The highest BCUT2D eigenvalue weighted by atomic mass is 79.9. The molecule has 184 valence electrons. The van der Waals surface area contributed by atoms with Gasteiger partial charge in [-0.2, -0.15) is 9.78 Å². The van der Waals surface area contributed by atoms with Crippen LogP contribution >= 0.6 is 15.9 Å². The van der Waals surface area contributed by atoms with Crippen LogP contribution in [0.25, 0.3) is 10.9 Å². The minimum atomic E-state index is -0.962. The van der Waals surface area contributed by atoms with Crippen LogP contribution in [0.15, 0.2) is 50.8 Å². The number of benzene rings is 2. The molecule has 2 aromatic carbocycles. The fourth-order valence-corrected chi connectivity index (χ4v) is 3.58. The Morgan fingerprint density at radius 1 is 1.29 bits per heavy atom. The van der Waals surface area contributed by atoms with Gasteiger partial charge in [-0.05, 0) is 38.1 Å². The molecule has 0 aliphatic heterocycles. The van der Waals surface area contributed by atoms with Crippen molar-refractivity contribution in [2.24, 2.45) is 5.10 Å². The Labute approximate surface area is 209 Å². The number of carbonyl (C=O) groups excluding carboxylic acids is 1. The van der Waals surface area contributed by atoms with Gasteiger partial charge in [0.15, 0.2) is 6.10 Å². The first-order chi connectivity index (χ1) is 16.4. The molecule has 10 nitrogen and oxygen atoms in total. The summed E-state index contributed by atoms with van der Waals surface area (Å²) in [4.78, 5) is 40.8. The number of nitro groups is 1. The van der Waals surface area contributed by atoms with Crippen LogP contribution in [0.3, 0.4) is 0 Å². The lowest BCUT2D eigenvalue weighted by Gasteiger charge is -2.21. The molecule has 0 fully saturated rings. The van der Waals surface area contributed by atoms with Gasteiger partial charge in [-0.15, -0.1) is 0 Å². The van der Waals surface area contributed by atoms with Gasteiger partial charge in [0, 0.05) is 27.6 Å². The number of aromatic nitrogens is 2. The number of non-ortho nitro benzene ring substituents is 1. The molecule has 0 amide bonds. The van der Waals surface area contributed by atoms with Crippen LogP contribution < -0.4 is 10.3 Å². The third-order valence-corrected chi connectivity index (χ3v) is 5.41. The predicted octanol–water partition coefficient (Wildman–Crippen LogP) is 4.58. The molecule has 0 spiro atoms. The Bertz CT molecular complexity index is 1380. The molecule has 0 aliphatic rings. The molecule has 0 saturated carbocycles. The number of hydrogen-bond acceptors (Lipinski definition) is 8. The molecular weight excluding hydrogens is 520 g/mol. The lowest BCUT2D eigenvalue weighted by atomic mass is 9.95. The molecule has 0 radical (unpaired) electrons. The molecule has 1 atom stereocenters. The number of halogens is 1. The van der Waals surface area contributed by atoms with Crippen molar-refractivity contribution in [2.45, 2.75) is 46.1 Å².